The fourth-order valence-electron chi connectivity index (χ4n) is 2.57. The average molecular weight is 407 g/mol. The lowest BCUT2D eigenvalue weighted by molar-refractivity contribution is 0.0694. The van der Waals surface area contributed by atoms with Gasteiger partial charge in [-0.05, 0) is 43.2 Å². The number of hydrogen-bond acceptors (Lipinski definition) is 4. The monoisotopic (exact) mass is 407 g/mol. The third-order valence-electron chi connectivity index (χ3n) is 3.88. The van der Waals surface area contributed by atoms with Gasteiger partial charge in [-0.3, -0.25) is 4.79 Å². The number of allylic oxidation sites excluding steroid dienone is 4. The van der Waals surface area contributed by atoms with Crippen LogP contribution in [0.2, 0.25) is 0 Å². The zero-order chi connectivity index (χ0) is 21.6. The van der Waals surface area contributed by atoms with E-state index in [1.165, 1.54) is 11.5 Å². The van der Waals surface area contributed by atoms with Crippen LogP contribution in [-0.4, -0.2) is 33.5 Å². The molecule has 1 atom stereocenters. The van der Waals surface area contributed by atoms with Crippen molar-refractivity contribution in [3.05, 3.63) is 75.5 Å². The normalized spacial score (nSPS) is 13.3. The molecule has 9 heteroatoms. The predicted molar refractivity (Wildman–Crippen MR) is 104 cm³/mol. The number of nitrogens with zero attached hydrogens (tertiary/aromatic N) is 2. The van der Waals surface area contributed by atoms with Crippen molar-refractivity contribution < 1.29 is 23.1 Å². The van der Waals surface area contributed by atoms with Gasteiger partial charge in [-0.1, -0.05) is 18.2 Å². The van der Waals surface area contributed by atoms with Crippen molar-refractivity contribution in [2.75, 3.05) is 12.0 Å². The molecule has 0 amide bonds. The minimum Gasteiger partial charge on any atom is -0.477 e. The summed E-state index contributed by atoms with van der Waals surface area (Å²) in [5, 5.41) is 12.1. The zero-order valence-electron chi connectivity index (χ0n) is 15.8. The van der Waals surface area contributed by atoms with Crippen molar-refractivity contribution in [1.29, 1.82) is 0 Å². The van der Waals surface area contributed by atoms with E-state index in [0.29, 0.717) is 5.69 Å². The summed E-state index contributed by atoms with van der Waals surface area (Å²) in [6.07, 6.45) is 1.45. The quantitative estimate of drug-likeness (QED) is 0.644. The van der Waals surface area contributed by atoms with Gasteiger partial charge < -0.3 is 15.0 Å². The molecular formula is C20H20F3N3O3. The third kappa shape index (κ3) is 6.06. The molecule has 1 aromatic carbocycles. The molecule has 0 aliphatic rings. The van der Waals surface area contributed by atoms with Gasteiger partial charge in [0.15, 0.2) is 0 Å². The number of aryl methyl sites for hydroxylation is 1. The summed E-state index contributed by atoms with van der Waals surface area (Å²) in [4.78, 5) is 27.1. The molecule has 0 radical (unpaired) electrons. The molecule has 0 saturated carbocycles. The van der Waals surface area contributed by atoms with Gasteiger partial charge in [-0.15, -0.1) is 0 Å². The number of carboxylic acids is 1. The molecule has 154 valence electrons. The highest BCUT2D eigenvalue weighted by Gasteiger charge is 2.16. The van der Waals surface area contributed by atoms with Crippen molar-refractivity contribution >= 4 is 17.6 Å². The van der Waals surface area contributed by atoms with Crippen LogP contribution in [0.3, 0.4) is 0 Å². The second-order valence-electron chi connectivity index (χ2n) is 6.30. The molecule has 0 aliphatic carbocycles. The lowest BCUT2D eigenvalue weighted by Crippen LogP contribution is -2.24. The Bertz CT molecular complexity index is 1010. The highest BCUT2D eigenvalue weighted by Crippen LogP contribution is 2.20. The Morgan fingerprint density at radius 2 is 2.07 bits per heavy atom. The molecule has 0 fully saturated rings. The Balaban J connectivity index is 2.57. The first kappa shape index (κ1) is 21.9. The molecule has 0 spiro atoms. The molecule has 2 rings (SSSR count). The van der Waals surface area contributed by atoms with Crippen LogP contribution < -0.4 is 10.9 Å². The molecule has 1 aromatic heterocycles. The number of anilines is 2. The number of rotatable bonds is 8. The van der Waals surface area contributed by atoms with Gasteiger partial charge >= 0.3 is 5.97 Å². The number of hydrogen-bond donors (Lipinski definition) is 2. The Morgan fingerprint density at radius 3 is 2.66 bits per heavy atom. The smallest absolute Gasteiger partial charge is 0.342 e. The third-order valence-corrected chi connectivity index (χ3v) is 3.88. The number of aromatic carboxylic acids is 1. The molecule has 2 aromatic rings. The van der Waals surface area contributed by atoms with E-state index < -0.39 is 35.8 Å². The van der Waals surface area contributed by atoms with Crippen LogP contribution in [0.4, 0.5) is 24.8 Å². The molecule has 0 bridgehead atoms. The van der Waals surface area contributed by atoms with Crippen LogP contribution in [0.5, 0.6) is 0 Å². The van der Waals surface area contributed by atoms with Gasteiger partial charge in [0.1, 0.15) is 24.2 Å². The summed E-state index contributed by atoms with van der Waals surface area (Å²) in [5.74, 6) is -2.63. The van der Waals surface area contributed by atoms with Crippen molar-refractivity contribution in [1.82, 2.24) is 9.55 Å². The average Bonchev–Trinajstić information content (AvgIpc) is 2.64. The topological polar surface area (TPSA) is 84.2 Å². The summed E-state index contributed by atoms with van der Waals surface area (Å²) in [6.45, 7) is 1.41. The summed E-state index contributed by atoms with van der Waals surface area (Å²) in [7, 11) is 0. The minimum atomic E-state index is -1.49. The first-order valence-corrected chi connectivity index (χ1v) is 8.65. The van der Waals surface area contributed by atoms with Crippen molar-refractivity contribution in [3.8, 4) is 0 Å². The summed E-state index contributed by atoms with van der Waals surface area (Å²) in [5.41, 5.74) is -0.106. The number of benzene rings is 1. The number of aromatic nitrogens is 2. The molecule has 2 N–H and O–H groups in total. The second-order valence-corrected chi connectivity index (χ2v) is 6.30. The van der Waals surface area contributed by atoms with Gasteiger partial charge in [-0.2, -0.15) is 4.98 Å². The van der Waals surface area contributed by atoms with E-state index in [0.717, 1.165) is 23.9 Å². The van der Waals surface area contributed by atoms with Gasteiger partial charge in [0.05, 0.1) is 6.54 Å². The SMILES string of the molecule is Cc1ccccc1Nc1nc(=O)c(C(=O)O)cn1C/C(C=C(F)CF)=C/C(C)F. The van der Waals surface area contributed by atoms with Crippen LogP contribution in [0.1, 0.15) is 22.8 Å². The molecular weight excluding hydrogens is 387 g/mol. The van der Waals surface area contributed by atoms with Crippen LogP contribution >= 0.6 is 0 Å². The molecule has 6 nitrogen and oxygen atoms in total. The Labute approximate surface area is 165 Å². The maximum absolute atomic E-state index is 13.5. The Hall–Kier alpha value is -3.36. The molecule has 0 saturated heterocycles. The highest BCUT2D eigenvalue weighted by molar-refractivity contribution is 5.86. The first-order chi connectivity index (χ1) is 13.7. The number of carbonyl (C=O) groups is 1. The van der Waals surface area contributed by atoms with Crippen LogP contribution in [-0.2, 0) is 6.54 Å². The van der Waals surface area contributed by atoms with Crippen molar-refractivity contribution in [3.63, 3.8) is 0 Å². The van der Waals surface area contributed by atoms with Crippen LogP contribution in [0.15, 0.2) is 58.8 Å². The fourth-order valence-corrected chi connectivity index (χ4v) is 2.57. The summed E-state index contributed by atoms with van der Waals surface area (Å²) >= 11 is 0. The standard InChI is InChI=1S/C20H20F3N3O3/c1-12-5-3-4-6-17(12)24-20-25-18(27)16(19(28)29)11-26(20)10-14(7-13(2)22)8-15(23)9-21/h3-8,11,13H,9-10H2,1-2H3,(H,28,29)(H,24,25,27)/b14-7+,15-8?. The number of halogens is 3. The van der Waals surface area contributed by atoms with E-state index >= 15 is 0 Å². The molecule has 0 aliphatic heterocycles. The first-order valence-electron chi connectivity index (χ1n) is 8.65. The number of nitrogens with one attached hydrogen (secondary N) is 1. The van der Waals surface area contributed by atoms with Gasteiger partial charge in [0.2, 0.25) is 5.95 Å². The van der Waals surface area contributed by atoms with Gasteiger partial charge in [0.25, 0.3) is 5.56 Å². The molecule has 1 heterocycles. The van der Waals surface area contributed by atoms with Gasteiger partial charge in [0, 0.05) is 11.9 Å². The number of carboxylic acid groups (broad SMARTS) is 1. The highest BCUT2D eigenvalue weighted by atomic mass is 19.2. The van der Waals surface area contributed by atoms with Crippen LogP contribution in [0, 0.1) is 6.92 Å². The lowest BCUT2D eigenvalue weighted by Gasteiger charge is -2.16. The summed E-state index contributed by atoms with van der Waals surface area (Å²) in [6, 6.07) is 7.09. The van der Waals surface area contributed by atoms with Crippen molar-refractivity contribution in [2.45, 2.75) is 26.6 Å². The number of alkyl halides is 2. The lowest BCUT2D eigenvalue weighted by atomic mass is 10.2. The number of para-hydroxylation sites is 1. The zero-order valence-corrected chi connectivity index (χ0v) is 15.8. The van der Waals surface area contributed by atoms with Crippen LogP contribution in [0.25, 0.3) is 0 Å². The van der Waals surface area contributed by atoms with E-state index in [1.54, 1.807) is 12.1 Å². The van der Waals surface area contributed by atoms with E-state index in [2.05, 4.69) is 10.3 Å². The summed E-state index contributed by atoms with van der Waals surface area (Å²) < 4.78 is 40.7. The maximum Gasteiger partial charge on any atom is 0.342 e. The largest absolute Gasteiger partial charge is 0.477 e. The van der Waals surface area contributed by atoms with Crippen molar-refractivity contribution in [2.24, 2.45) is 0 Å². The van der Waals surface area contributed by atoms with E-state index in [1.807, 2.05) is 19.1 Å². The molecule has 29 heavy (non-hydrogen) atoms. The minimum absolute atomic E-state index is 0.0271. The van der Waals surface area contributed by atoms with Gasteiger partial charge in [-0.25, -0.2) is 18.0 Å². The second kappa shape index (κ2) is 9.72. The Morgan fingerprint density at radius 1 is 1.38 bits per heavy atom. The predicted octanol–water partition coefficient (Wildman–Crippen LogP) is 4.10. The maximum atomic E-state index is 13.5. The van der Waals surface area contributed by atoms with E-state index in [9.17, 15) is 27.9 Å². The fraction of sp³-hybridized carbons (Fsp3) is 0.250. The molecule has 1 unspecified atom stereocenters. The Kier molecular flexibility index (Phi) is 7.35. The van der Waals surface area contributed by atoms with E-state index in [-0.39, 0.29) is 18.1 Å². The van der Waals surface area contributed by atoms with E-state index in [4.69, 9.17) is 0 Å².